The standard InChI is InChI=1S/C13H18IN/c1-2-9-15-13(10-7-8-10)11-5-3-4-6-12(11)14/h3-6,10,13,15H,2,7-9H2,1H3. The van der Waals surface area contributed by atoms with Gasteiger partial charge in [-0.15, -0.1) is 0 Å². The predicted molar refractivity (Wildman–Crippen MR) is 72.9 cm³/mol. The Hall–Kier alpha value is -0.0900. The second-order valence-electron chi connectivity index (χ2n) is 4.29. The monoisotopic (exact) mass is 315 g/mol. The number of hydrogen-bond donors (Lipinski definition) is 1. The fourth-order valence-corrected chi connectivity index (χ4v) is 2.71. The van der Waals surface area contributed by atoms with Gasteiger partial charge in [0.05, 0.1) is 0 Å². The van der Waals surface area contributed by atoms with Crippen LogP contribution in [0, 0.1) is 9.49 Å². The lowest BCUT2D eigenvalue weighted by atomic mass is 10.0. The van der Waals surface area contributed by atoms with Gasteiger partial charge in [0.15, 0.2) is 0 Å². The van der Waals surface area contributed by atoms with Gasteiger partial charge in [-0.05, 0) is 65.9 Å². The van der Waals surface area contributed by atoms with Crippen LogP contribution >= 0.6 is 22.6 Å². The molecule has 1 unspecified atom stereocenters. The predicted octanol–water partition coefficient (Wildman–Crippen LogP) is 3.74. The number of benzene rings is 1. The summed E-state index contributed by atoms with van der Waals surface area (Å²) in [4.78, 5) is 0. The molecule has 1 aromatic rings. The molecule has 1 N–H and O–H groups in total. The van der Waals surface area contributed by atoms with E-state index < -0.39 is 0 Å². The van der Waals surface area contributed by atoms with E-state index in [1.165, 1.54) is 28.4 Å². The zero-order valence-electron chi connectivity index (χ0n) is 9.17. The Morgan fingerprint density at radius 3 is 2.73 bits per heavy atom. The molecule has 0 heterocycles. The minimum absolute atomic E-state index is 0.595. The Kier molecular flexibility index (Phi) is 4.03. The summed E-state index contributed by atoms with van der Waals surface area (Å²) in [6.45, 7) is 3.36. The van der Waals surface area contributed by atoms with Crippen molar-refractivity contribution in [1.29, 1.82) is 0 Å². The molecule has 1 nitrogen and oxygen atoms in total. The fourth-order valence-electron chi connectivity index (χ4n) is 1.99. The van der Waals surface area contributed by atoms with Crippen LogP contribution < -0.4 is 5.32 Å². The maximum Gasteiger partial charge on any atom is 0.0359 e. The Morgan fingerprint density at radius 2 is 2.13 bits per heavy atom. The quantitative estimate of drug-likeness (QED) is 0.816. The number of hydrogen-bond acceptors (Lipinski definition) is 1. The molecule has 15 heavy (non-hydrogen) atoms. The van der Waals surface area contributed by atoms with Crippen molar-refractivity contribution in [3.8, 4) is 0 Å². The number of halogens is 1. The molecule has 2 rings (SSSR count). The average Bonchev–Trinajstić information content (AvgIpc) is 3.05. The molecule has 0 aromatic heterocycles. The average molecular weight is 315 g/mol. The normalized spacial score (nSPS) is 17.7. The summed E-state index contributed by atoms with van der Waals surface area (Å²) in [5.74, 6) is 0.882. The van der Waals surface area contributed by atoms with E-state index in [9.17, 15) is 0 Å². The molecule has 0 saturated heterocycles. The molecule has 1 fully saturated rings. The molecule has 0 bridgehead atoms. The summed E-state index contributed by atoms with van der Waals surface area (Å²) in [5, 5.41) is 3.68. The highest BCUT2D eigenvalue weighted by Gasteiger charge is 2.32. The smallest absolute Gasteiger partial charge is 0.0359 e. The van der Waals surface area contributed by atoms with Gasteiger partial charge >= 0.3 is 0 Å². The van der Waals surface area contributed by atoms with E-state index in [-0.39, 0.29) is 0 Å². The summed E-state index contributed by atoms with van der Waals surface area (Å²) < 4.78 is 1.40. The highest BCUT2D eigenvalue weighted by Crippen LogP contribution is 2.42. The van der Waals surface area contributed by atoms with Crippen LogP contribution in [0.1, 0.15) is 37.8 Å². The SMILES string of the molecule is CCCNC(c1ccccc1I)C1CC1. The molecule has 0 spiro atoms. The summed E-state index contributed by atoms with van der Waals surface area (Å²) in [6.07, 6.45) is 4.01. The van der Waals surface area contributed by atoms with Gasteiger partial charge in [0.25, 0.3) is 0 Å². The van der Waals surface area contributed by atoms with Crippen LogP contribution in [-0.2, 0) is 0 Å². The van der Waals surface area contributed by atoms with Crippen molar-refractivity contribution >= 4 is 22.6 Å². The fraction of sp³-hybridized carbons (Fsp3) is 0.538. The lowest BCUT2D eigenvalue weighted by molar-refractivity contribution is 0.479. The maximum absolute atomic E-state index is 3.68. The topological polar surface area (TPSA) is 12.0 Å². The van der Waals surface area contributed by atoms with Crippen LogP contribution in [0.3, 0.4) is 0 Å². The van der Waals surface area contributed by atoms with Crippen LogP contribution in [0.25, 0.3) is 0 Å². The Labute approximate surface area is 106 Å². The van der Waals surface area contributed by atoms with Crippen molar-refractivity contribution in [2.75, 3.05) is 6.54 Å². The van der Waals surface area contributed by atoms with Crippen LogP contribution in [-0.4, -0.2) is 6.54 Å². The minimum atomic E-state index is 0.595. The van der Waals surface area contributed by atoms with Crippen LogP contribution in [0.5, 0.6) is 0 Å². The first-order valence-corrected chi connectivity index (χ1v) is 6.88. The van der Waals surface area contributed by atoms with E-state index >= 15 is 0 Å². The highest BCUT2D eigenvalue weighted by atomic mass is 127. The van der Waals surface area contributed by atoms with Gasteiger partial charge < -0.3 is 5.32 Å². The largest absolute Gasteiger partial charge is 0.310 e. The number of nitrogens with one attached hydrogen (secondary N) is 1. The Bertz CT molecular complexity index is 320. The molecule has 0 radical (unpaired) electrons. The third-order valence-corrected chi connectivity index (χ3v) is 3.93. The first kappa shape index (κ1) is 11.4. The molecule has 1 saturated carbocycles. The second kappa shape index (κ2) is 5.30. The lowest BCUT2D eigenvalue weighted by Crippen LogP contribution is -2.24. The molecular weight excluding hydrogens is 297 g/mol. The van der Waals surface area contributed by atoms with Gasteiger partial charge in [-0.25, -0.2) is 0 Å². The van der Waals surface area contributed by atoms with E-state index in [1.54, 1.807) is 0 Å². The Morgan fingerprint density at radius 1 is 1.40 bits per heavy atom. The second-order valence-corrected chi connectivity index (χ2v) is 5.45. The lowest BCUT2D eigenvalue weighted by Gasteiger charge is -2.19. The van der Waals surface area contributed by atoms with Gasteiger partial charge in [-0.1, -0.05) is 25.1 Å². The van der Waals surface area contributed by atoms with Crippen molar-refractivity contribution in [2.45, 2.75) is 32.2 Å². The Balaban J connectivity index is 2.13. The van der Waals surface area contributed by atoms with Crippen LogP contribution in [0.4, 0.5) is 0 Å². The van der Waals surface area contributed by atoms with Gasteiger partial charge in [-0.3, -0.25) is 0 Å². The van der Waals surface area contributed by atoms with Gasteiger partial charge in [0.1, 0.15) is 0 Å². The van der Waals surface area contributed by atoms with Crippen LogP contribution in [0.15, 0.2) is 24.3 Å². The molecule has 0 amide bonds. The molecule has 1 aliphatic rings. The third-order valence-electron chi connectivity index (χ3n) is 2.95. The summed E-state index contributed by atoms with van der Waals surface area (Å²) >= 11 is 2.45. The molecular formula is C13H18IN. The van der Waals surface area contributed by atoms with Gasteiger partial charge in [0.2, 0.25) is 0 Å². The number of rotatable bonds is 5. The third kappa shape index (κ3) is 2.94. The van der Waals surface area contributed by atoms with Gasteiger partial charge in [0, 0.05) is 9.61 Å². The van der Waals surface area contributed by atoms with E-state index in [2.05, 4.69) is 59.1 Å². The van der Waals surface area contributed by atoms with Crippen molar-refractivity contribution < 1.29 is 0 Å². The zero-order chi connectivity index (χ0) is 10.7. The molecule has 2 heteroatoms. The molecule has 1 atom stereocenters. The van der Waals surface area contributed by atoms with Crippen molar-refractivity contribution in [1.82, 2.24) is 5.32 Å². The van der Waals surface area contributed by atoms with E-state index in [0.29, 0.717) is 6.04 Å². The summed E-state index contributed by atoms with van der Waals surface area (Å²) in [7, 11) is 0. The first-order chi connectivity index (χ1) is 7.33. The molecule has 82 valence electrons. The summed E-state index contributed by atoms with van der Waals surface area (Å²) in [6, 6.07) is 9.35. The molecule has 1 aromatic carbocycles. The van der Waals surface area contributed by atoms with Gasteiger partial charge in [-0.2, -0.15) is 0 Å². The van der Waals surface area contributed by atoms with Crippen molar-refractivity contribution in [3.05, 3.63) is 33.4 Å². The van der Waals surface area contributed by atoms with E-state index in [4.69, 9.17) is 0 Å². The summed E-state index contributed by atoms with van der Waals surface area (Å²) in [5.41, 5.74) is 1.49. The molecule has 0 aliphatic heterocycles. The molecule has 1 aliphatic carbocycles. The minimum Gasteiger partial charge on any atom is -0.310 e. The zero-order valence-corrected chi connectivity index (χ0v) is 11.3. The van der Waals surface area contributed by atoms with Crippen molar-refractivity contribution in [3.63, 3.8) is 0 Å². The first-order valence-electron chi connectivity index (χ1n) is 5.80. The van der Waals surface area contributed by atoms with Crippen LogP contribution in [0.2, 0.25) is 0 Å². The van der Waals surface area contributed by atoms with E-state index in [1.807, 2.05) is 0 Å². The maximum atomic E-state index is 3.68. The van der Waals surface area contributed by atoms with E-state index in [0.717, 1.165) is 12.5 Å². The highest BCUT2D eigenvalue weighted by molar-refractivity contribution is 14.1. The van der Waals surface area contributed by atoms with Crippen molar-refractivity contribution in [2.24, 2.45) is 5.92 Å².